The molecule has 2 unspecified atom stereocenters. The number of carbonyl (C=O) groups is 5. The van der Waals surface area contributed by atoms with Crippen LogP contribution in [0.25, 0.3) is 0 Å². The van der Waals surface area contributed by atoms with Gasteiger partial charge in [0.2, 0.25) is 5.91 Å². The van der Waals surface area contributed by atoms with E-state index in [1.165, 1.54) is 12.5 Å². The Labute approximate surface area is 223 Å². The van der Waals surface area contributed by atoms with Crippen LogP contribution in [0.4, 0.5) is 5.13 Å². The summed E-state index contributed by atoms with van der Waals surface area (Å²) < 4.78 is 4.82. The van der Waals surface area contributed by atoms with Crippen molar-refractivity contribution >= 4 is 63.4 Å². The summed E-state index contributed by atoms with van der Waals surface area (Å²) in [5.41, 5.74) is -2.49. The number of amides is 3. The van der Waals surface area contributed by atoms with Gasteiger partial charge in [-0.3, -0.25) is 24.0 Å². The van der Waals surface area contributed by atoms with Gasteiger partial charge in [0.05, 0.1) is 18.9 Å². The van der Waals surface area contributed by atoms with E-state index in [4.69, 9.17) is 21.2 Å². The third-order valence-corrected chi connectivity index (χ3v) is 5.57. The zero-order valence-corrected chi connectivity index (χ0v) is 21.6. The molecule has 2 saturated heterocycles. The largest absolute Gasteiger partial charge is 1.00 e. The first kappa shape index (κ1) is 27.9. The molecule has 2 aliphatic rings. The van der Waals surface area contributed by atoms with E-state index in [0.717, 1.165) is 11.3 Å². The van der Waals surface area contributed by atoms with Crippen molar-refractivity contribution in [3.05, 3.63) is 11.1 Å². The van der Waals surface area contributed by atoms with Crippen molar-refractivity contribution < 1.29 is 73.0 Å². The van der Waals surface area contributed by atoms with Gasteiger partial charge in [0.15, 0.2) is 10.8 Å². The van der Waals surface area contributed by atoms with E-state index in [2.05, 4.69) is 25.6 Å². The smallest absolute Gasteiger partial charge is 0.544 e. The zero-order valence-electron chi connectivity index (χ0n) is 18.0. The van der Waals surface area contributed by atoms with Crippen LogP contribution >= 0.6 is 22.9 Å². The maximum atomic E-state index is 12.7. The Bertz CT molecular complexity index is 1020. The third-order valence-electron chi connectivity index (χ3n) is 4.57. The summed E-state index contributed by atoms with van der Waals surface area (Å²) in [6.07, 6.45) is -0.545. The molecule has 0 saturated carbocycles. The first-order valence-electron chi connectivity index (χ1n) is 9.33. The number of rotatable bonds is 9. The first-order valence-corrected chi connectivity index (χ1v) is 10.7. The van der Waals surface area contributed by atoms with Crippen molar-refractivity contribution in [3.63, 3.8) is 0 Å². The van der Waals surface area contributed by atoms with Crippen molar-refractivity contribution in [3.8, 4) is 0 Å². The van der Waals surface area contributed by atoms with Crippen LogP contribution in [0.2, 0.25) is 0 Å². The summed E-state index contributed by atoms with van der Waals surface area (Å²) in [6.45, 7) is -0.526. The number of aliphatic carboxylic acids is 1. The molecular weight excluding hydrogens is 509 g/mol. The molecule has 1 aromatic heterocycles. The second-order valence-electron chi connectivity index (χ2n) is 6.72. The van der Waals surface area contributed by atoms with Crippen LogP contribution in [-0.4, -0.2) is 77.3 Å². The number of hydrogen-bond acceptors (Lipinski definition) is 12. The molecule has 0 spiro atoms. The number of nitrogens with one attached hydrogen (secondary N) is 2. The van der Waals surface area contributed by atoms with Crippen LogP contribution in [0, 0.1) is 5.92 Å². The van der Waals surface area contributed by atoms with Crippen molar-refractivity contribution in [2.24, 2.45) is 11.1 Å². The van der Waals surface area contributed by atoms with E-state index in [1.54, 1.807) is 0 Å². The molecule has 1 aromatic rings. The molecule has 17 heteroatoms. The molecule has 2 N–H and O–H groups in total. The fraction of sp³-hybridized carbons (Fsp3) is 0.471. The van der Waals surface area contributed by atoms with Crippen molar-refractivity contribution in [2.75, 3.05) is 31.5 Å². The number of cyclic esters (lactones) is 1. The molecule has 34 heavy (non-hydrogen) atoms. The monoisotopic (exact) mass is 525 g/mol. The number of nitrogens with zero attached hydrogens (tertiary/aromatic N) is 3. The minimum Gasteiger partial charge on any atom is -0.544 e. The van der Waals surface area contributed by atoms with E-state index in [-0.39, 0.29) is 78.0 Å². The molecule has 2 aliphatic heterocycles. The Morgan fingerprint density at radius 1 is 1.44 bits per heavy atom. The van der Waals surface area contributed by atoms with Crippen LogP contribution in [0.15, 0.2) is 10.5 Å². The van der Waals surface area contributed by atoms with Gasteiger partial charge in [0, 0.05) is 18.3 Å². The molecule has 0 bridgehead atoms. The molecule has 178 valence electrons. The average Bonchev–Trinajstić information content (AvgIpc) is 3.49. The van der Waals surface area contributed by atoms with E-state index >= 15 is 0 Å². The Morgan fingerprint density at radius 3 is 2.76 bits per heavy atom. The number of carbonyl (C=O) groups excluding carboxylic acids is 5. The number of esters is 1. The predicted octanol–water partition coefficient (Wildman–Crippen LogP) is -5.04. The number of ether oxygens (including phenoxy) is 1. The molecule has 0 radical (unpaired) electrons. The molecule has 14 nitrogen and oxygen atoms in total. The van der Waals surface area contributed by atoms with Crippen molar-refractivity contribution in [2.45, 2.75) is 18.6 Å². The number of thiazole rings is 1. The number of aromatic nitrogens is 1. The van der Waals surface area contributed by atoms with Crippen LogP contribution in [0.1, 0.15) is 18.5 Å². The normalized spacial score (nSPS) is 22.1. The minimum atomic E-state index is -2.35. The third kappa shape index (κ3) is 5.84. The zero-order chi connectivity index (χ0) is 24.2. The second kappa shape index (κ2) is 11.9. The number of alkyl halides is 1. The molecule has 3 amide bonds. The van der Waals surface area contributed by atoms with Gasteiger partial charge in [-0.1, -0.05) is 5.16 Å². The predicted molar refractivity (Wildman–Crippen MR) is 107 cm³/mol. The standard InChI is InChI=1S/C17H18ClN5O9S.Na/c1-30-22-12(9-7-33-16(20-9)21-10(24)4-18)13(26)19-5-8-6-31-23(14(8)27)17(15(28)29)3-2-11(25)32-17;/h7-8H,2-6H2,1H3,(H,19,26)(H,28,29)(H,20,21,24);/q;+1/p-1/b22-12-;. The molecule has 3 rings (SSSR count). The minimum absolute atomic E-state index is 0. The summed E-state index contributed by atoms with van der Waals surface area (Å²) >= 11 is 6.45. The number of hydroxylamine groups is 2. The molecule has 0 aromatic carbocycles. The van der Waals surface area contributed by atoms with Gasteiger partial charge in [-0.05, 0) is 0 Å². The van der Waals surface area contributed by atoms with Crippen molar-refractivity contribution in [1.29, 1.82) is 0 Å². The van der Waals surface area contributed by atoms with E-state index in [1.807, 2.05) is 0 Å². The van der Waals surface area contributed by atoms with Gasteiger partial charge < -0.3 is 30.1 Å². The van der Waals surface area contributed by atoms with Crippen LogP contribution in [0.5, 0.6) is 0 Å². The van der Waals surface area contributed by atoms with Gasteiger partial charge in [-0.25, -0.2) is 4.98 Å². The number of anilines is 1. The molecular formula is C17H17ClN5NaO9S. The fourth-order valence-corrected chi connectivity index (χ4v) is 3.79. The number of carboxylic acids is 1. The van der Waals surface area contributed by atoms with E-state index < -0.39 is 41.3 Å². The Kier molecular flexibility index (Phi) is 9.78. The Balaban J connectivity index is 0.00000408. The topological polar surface area (TPSA) is 189 Å². The van der Waals surface area contributed by atoms with Gasteiger partial charge in [-0.15, -0.1) is 22.9 Å². The maximum absolute atomic E-state index is 12.7. The van der Waals surface area contributed by atoms with Crippen LogP contribution < -0.4 is 45.3 Å². The van der Waals surface area contributed by atoms with E-state index in [0.29, 0.717) is 5.06 Å². The second-order valence-corrected chi connectivity index (χ2v) is 7.85. The summed E-state index contributed by atoms with van der Waals surface area (Å²) in [5, 5.41) is 22.2. The maximum Gasteiger partial charge on any atom is 1.00 e. The summed E-state index contributed by atoms with van der Waals surface area (Å²) in [5.74, 6) is -5.90. The molecule has 0 aliphatic carbocycles. The molecule has 3 heterocycles. The Morgan fingerprint density at radius 2 is 2.18 bits per heavy atom. The van der Waals surface area contributed by atoms with Crippen LogP contribution in [-0.2, 0) is 38.4 Å². The van der Waals surface area contributed by atoms with Crippen LogP contribution in [0.3, 0.4) is 0 Å². The number of hydrogen-bond donors (Lipinski definition) is 2. The van der Waals surface area contributed by atoms with Crippen molar-refractivity contribution in [1.82, 2.24) is 15.4 Å². The summed E-state index contributed by atoms with van der Waals surface area (Å²) in [7, 11) is 1.21. The quantitative estimate of drug-likeness (QED) is 0.104. The van der Waals surface area contributed by atoms with E-state index in [9.17, 15) is 29.1 Å². The SMILES string of the molecule is CO/N=C(\C(=O)NCC1CON(C2(C(=O)[O-])CCC(=O)O2)C1=O)c1csc(NC(=O)CCl)n1.[Na+]. The number of halogens is 1. The fourth-order valence-electron chi connectivity index (χ4n) is 3.01. The average molecular weight is 526 g/mol. The van der Waals surface area contributed by atoms with Gasteiger partial charge in [0.1, 0.15) is 24.7 Å². The van der Waals surface area contributed by atoms with Gasteiger partial charge in [0.25, 0.3) is 17.5 Å². The van der Waals surface area contributed by atoms with Gasteiger partial charge >= 0.3 is 35.5 Å². The number of carboxylic acid groups (broad SMARTS) is 1. The molecule has 2 atom stereocenters. The number of oxime groups is 1. The Hall–Kier alpha value is -2.30. The first-order chi connectivity index (χ1) is 15.7. The van der Waals surface area contributed by atoms with Gasteiger partial charge in [-0.2, -0.15) is 5.06 Å². The summed E-state index contributed by atoms with van der Waals surface area (Å²) in [4.78, 5) is 73.6. The summed E-state index contributed by atoms with van der Waals surface area (Å²) in [6, 6.07) is 0. The molecule has 2 fully saturated rings.